The first-order valence-corrected chi connectivity index (χ1v) is 10.3. The number of halogens is 2. The van der Waals surface area contributed by atoms with Crippen molar-refractivity contribution < 1.29 is 22.0 Å². The van der Waals surface area contributed by atoms with E-state index in [9.17, 15) is 22.0 Å². The molecule has 27 heavy (non-hydrogen) atoms. The molecular formula is C19H22F2N2O3S. The Morgan fingerprint density at radius 3 is 2.37 bits per heavy atom. The van der Waals surface area contributed by atoms with E-state index in [0.717, 1.165) is 30.4 Å². The topological polar surface area (TPSA) is 66.5 Å². The van der Waals surface area contributed by atoms with E-state index in [4.69, 9.17) is 0 Å². The Kier molecular flexibility index (Phi) is 7.44. The van der Waals surface area contributed by atoms with Crippen LogP contribution in [0.5, 0.6) is 0 Å². The molecule has 0 aliphatic carbocycles. The normalized spacial score (nSPS) is 11.6. The molecule has 0 aliphatic rings. The maximum absolute atomic E-state index is 13.2. The molecule has 2 aromatic carbocycles. The van der Waals surface area contributed by atoms with Crippen molar-refractivity contribution in [3.8, 4) is 0 Å². The predicted octanol–water partition coefficient (Wildman–Crippen LogP) is 2.59. The van der Waals surface area contributed by atoms with Crippen LogP contribution in [-0.2, 0) is 16.4 Å². The molecule has 146 valence electrons. The van der Waals surface area contributed by atoms with Crippen LogP contribution in [0.25, 0.3) is 0 Å². The van der Waals surface area contributed by atoms with Gasteiger partial charge in [-0.3, -0.25) is 4.79 Å². The van der Waals surface area contributed by atoms with E-state index in [-0.39, 0.29) is 18.7 Å². The van der Waals surface area contributed by atoms with Crippen LogP contribution in [0, 0.1) is 11.6 Å². The van der Waals surface area contributed by atoms with Crippen molar-refractivity contribution in [1.29, 1.82) is 0 Å². The van der Waals surface area contributed by atoms with Crippen LogP contribution in [0.4, 0.5) is 8.78 Å². The minimum atomic E-state index is -3.42. The molecule has 1 amide bonds. The molecule has 2 rings (SSSR count). The smallest absolute Gasteiger partial charge is 0.251 e. The number of benzene rings is 2. The van der Waals surface area contributed by atoms with E-state index in [0.29, 0.717) is 13.0 Å². The Morgan fingerprint density at radius 2 is 1.74 bits per heavy atom. The van der Waals surface area contributed by atoms with E-state index in [2.05, 4.69) is 5.32 Å². The third-order valence-electron chi connectivity index (χ3n) is 4.01. The van der Waals surface area contributed by atoms with E-state index in [1.54, 1.807) is 0 Å². The first-order valence-electron chi connectivity index (χ1n) is 8.49. The van der Waals surface area contributed by atoms with Gasteiger partial charge in [0.15, 0.2) is 11.6 Å². The van der Waals surface area contributed by atoms with Crippen molar-refractivity contribution in [3.05, 3.63) is 71.3 Å². The van der Waals surface area contributed by atoms with Gasteiger partial charge >= 0.3 is 0 Å². The molecule has 2 aromatic rings. The molecule has 0 atom stereocenters. The van der Waals surface area contributed by atoms with Gasteiger partial charge in [-0.15, -0.1) is 0 Å². The number of sulfonamides is 1. The largest absolute Gasteiger partial charge is 0.351 e. The molecular weight excluding hydrogens is 374 g/mol. The molecule has 8 heteroatoms. The number of carbonyl (C=O) groups excluding carboxylic acids is 1. The van der Waals surface area contributed by atoms with Crippen LogP contribution in [0.1, 0.15) is 22.3 Å². The van der Waals surface area contributed by atoms with Gasteiger partial charge in [0.05, 0.1) is 6.26 Å². The second kappa shape index (κ2) is 9.57. The summed E-state index contributed by atoms with van der Waals surface area (Å²) in [5.41, 5.74) is 1.10. The molecule has 0 bridgehead atoms. The summed E-state index contributed by atoms with van der Waals surface area (Å²) in [6.45, 7) is 0.494. The molecule has 1 N–H and O–H groups in total. The number of aryl methyl sites for hydroxylation is 1. The van der Waals surface area contributed by atoms with Gasteiger partial charge in [-0.2, -0.15) is 0 Å². The number of nitrogens with zero attached hydrogens (tertiary/aromatic N) is 1. The zero-order valence-electron chi connectivity index (χ0n) is 15.0. The predicted molar refractivity (Wildman–Crippen MR) is 99.9 cm³/mol. The van der Waals surface area contributed by atoms with Crippen LogP contribution in [0.15, 0.2) is 48.5 Å². The van der Waals surface area contributed by atoms with Gasteiger partial charge in [0.25, 0.3) is 5.91 Å². The van der Waals surface area contributed by atoms with Crippen molar-refractivity contribution in [2.75, 3.05) is 25.9 Å². The molecule has 0 saturated heterocycles. The van der Waals surface area contributed by atoms with Gasteiger partial charge in [-0.1, -0.05) is 30.3 Å². The number of nitrogens with one attached hydrogen (secondary N) is 1. The van der Waals surface area contributed by atoms with Crippen LogP contribution >= 0.6 is 0 Å². The van der Waals surface area contributed by atoms with Gasteiger partial charge < -0.3 is 5.32 Å². The fourth-order valence-corrected chi connectivity index (χ4v) is 3.46. The maximum atomic E-state index is 13.2. The van der Waals surface area contributed by atoms with E-state index >= 15 is 0 Å². The lowest BCUT2D eigenvalue weighted by atomic mass is 10.1. The number of amides is 1. The zero-order valence-corrected chi connectivity index (χ0v) is 15.8. The summed E-state index contributed by atoms with van der Waals surface area (Å²) in [4.78, 5) is 12.0. The quantitative estimate of drug-likeness (QED) is 0.709. The Balaban J connectivity index is 1.85. The molecule has 0 fully saturated rings. The van der Waals surface area contributed by atoms with Crippen molar-refractivity contribution in [1.82, 2.24) is 9.62 Å². The Morgan fingerprint density at radius 1 is 1.04 bits per heavy atom. The number of rotatable bonds is 9. The summed E-state index contributed by atoms with van der Waals surface area (Å²) < 4.78 is 51.2. The Hall–Kier alpha value is -2.32. The molecule has 0 heterocycles. The van der Waals surface area contributed by atoms with E-state index in [1.807, 2.05) is 30.3 Å². The van der Waals surface area contributed by atoms with E-state index < -0.39 is 27.6 Å². The summed E-state index contributed by atoms with van der Waals surface area (Å²) in [5.74, 6) is -2.74. The Bertz CT molecular complexity index is 874. The summed E-state index contributed by atoms with van der Waals surface area (Å²) >= 11 is 0. The fourth-order valence-electron chi connectivity index (χ4n) is 2.58. The molecule has 5 nitrogen and oxygen atoms in total. The van der Waals surface area contributed by atoms with Gasteiger partial charge in [-0.25, -0.2) is 21.5 Å². The highest BCUT2D eigenvalue weighted by molar-refractivity contribution is 7.88. The monoisotopic (exact) mass is 396 g/mol. The number of hydrogen-bond donors (Lipinski definition) is 1. The first-order chi connectivity index (χ1) is 12.8. The molecule has 0 saturated carbocycles. The number of hydrogen-bond acceptors (Lipinski definition) is 3. The van der Waals surface area contributed by atoms with Gasteiger partial charge in [-0.05, 0) is 36.6 Å². The van der Waals surface area contributed by atoms with Crippen LogP contribution < -0.4 is 5.32 Å². The second-order valence-electron chi connectivity index (χ2n) is 6.14. The lowest BCUT2D eigenvalue weighted by Crippen LogP contribution is -2.38. The van der Waals surface area contributed by atoms with Gasteiger partial charge in [0, 0.05) is 25.2 Å². The molecule has 0 radical (unpaired) electrons. The molecule has 0 aromatic heterocycles. The standard InChI is InChI=1S/C19H22F2N2O3S/c1-27(25,26)23(12-5-8-15-6-3-2-4-7-15)13-11-22-19(24)16-9-10-17(20)18(21)14-16/h2-4,6-7,9-10,14H,5,8,11-13H2,1H3,(H,22,24). The molecule has 0 unspecified atom stereocenters. The van der Waals surface area contributed by atoms with Crippen molar-refractivity contribution in [2.24, 2.45) is 0 Å². The average Bonchev–Trinajstić information content (AvgIpc) is 2.62. The third-order valence-corrected chi connectivity index (χ3v) is 5.32. The van der Waals surface area contributed by atoms with Crippen LogP contribution in [-0.4, -0.2) is 44.5 Å². The van der Waals surface area contributed by atoms with Gasteiger partial charge in [0.2, 0.25) is 10.0 Å². The molecule has 0 aliphatic heterocycles. The Labute approximate surface area is 158 Å². The summed E-state index contributed by atoms with van der Waals surface area (Å²) in [5, 5.41) is 2.52. The minimum Gasteiger partial charge on any atom is -0.351 e. The highest BCUT2D eigenvalue weighted by Crippen LogP contribution is 2.09. The second-order valence-corrected chi connectivity index (χ2v) is 8.12. The first kappa shape index (κ1) is 21.0. The summed E-state index contributed by atoms with van der Waals surface area (Å²) in [7, 11) is -3.42. The summed E-state index contributed by atoms with van der Waals surface area (Å²) in [6.07, 6.45) is 2.51. The maximum Gasteiger partial charge on any atom is 0.251 e. The molecule has 0 spiro atoms. The third kappa shape index (κ3) is 6.73. The van der Waals surface area contributed by atoms with Gasteiger partial charge in [0.1, 0.15) is 0 Å². The van der Waals surface area contributed by atoms with Crippen LogP contribution in [0.2, 0.25) is 0 Å². The SMILES string of the molecule is CS(=O)(=O)N(CCCc1ccccc1)CCNC(=O)c1ccc(F)c(F)c1. The minimum absolute atomic E-state index is 0.0242. The number of carbonyl (C=O) groups is 1. The van der Waals surface area contributed by atoms with Crippen molar-refractivity contribution >= 4 is 15.9 Å². The lowest BCUT2D eigenvalue weighted by molar-refractivity contribution is 0.0951. The fraction of sp³-hybridized carbons (Fsp3) is 0.316. The van der Waals surface area contributed by atoms with Crippen molar-refractivity contribution in [3.63, 3.8) is 0 Å². The zero-order chi connectivity index (χ0) is 19.9. The average molecular weight is 396 g/mol. The van der Waals surface area contributed by atoms with E-state index in [1.165, 1.54) is 10.4 Å². The van der Waals surface area contributed by atoms with Crippen molar-refractivity contribution in [2.45, 2.75) is 12.8 Å². The lowest BCUT2D eigenvalue weighted by Gasteiger charge is -2.20. The highest BCUT2D eigenvalue weighted by Gasteiger charge is 2.17. The highest BCUT2D eigenvalue weighted by atomic mass is 32.2. The van der Waals surface area contributed by atoms with Crippen LogP contribution in [0.3, 0.4) is 0 Å². The summed E-state index contributed by atoms with van der Waals surface area (Å²) in [6, 6.07) is 12.6.